The maximum absolute atomic E-state index is 13.5. The van der Waals surface area contributed by atoms with E-state index in [1.165, 1.54) is 26.4 Å². The molecule has 0 unspecified atom stereocenters. The topological polar surface area (TPSA) is 80.9 Å². The zero-order valence-corrected chi connectivity index (χ0v) is 11.4. The number of rotatable bonds is 4. The van der Waals surface area contributed by atoms with E-state index >= 15 is 0 Å². The van der Waals surface area contributed by atoms with Crippen molar-refractivity contribution >= 4 is 11.8 Å². The number of methoxy groups -OCH3 is 2. The van der Waals surface area contributed by atoms with E-state index in [0.717, 1.165) is 11.8 Å². The lowest BCUT2D eigenvalue weighted by Crippen LogP contribution is -2.00. The minimum Gasteiger partial charge on any atom is -0.467 e. The Kier molecular flexibility index (Phi) is 4.32. The molecule has 0 spiro atoms. The molecule has 0 amide bonds. The van der Waals surface area contributed by atoms with Crippen molar-refractivity contribution in [2.45, 2.75) is 10.1 Å². The summed E-state index contributed by atoms with van der Waals surface area (Å²) in [5.74, 6) is -0.592. The van der Waals surface area contributed by atoms with Crippen molar-refractivity contribution in [2.24, 2.45) is 0 Å². The van der Waals surface area contributed by atoms with Crippen molar-refractivity contribution in [3.05, 3.63) is 29.6 Å². The van der Waals surface area contributed by atoms with Crippen LogP contribution in [0.25, 0.3) is 0 Å². The summed E-state index contributed by atoms with van der Waals surface area (Å²) < 4.78 is 23.3. The van der Waals surface area contributed by atoms with E-state index in [2.05, 4.69) is 15.0 Å². The number of aromatic nitrogens is 3. The van der Waals surface area contributed by atoms with Gasteiger partial charge in [-0.05, 0) is 23.9 Å². The molecule has 0 N–H and O–H groups in total. The van der Waals surface area contributed by atoms with Crippen LogP contribution in [0.2, 0.25) is 0 Å². The summed E-state index contributed by atoms with van der Waals surface area (Å²) in [7, 11) is 2.82. The van der Waals surface area contributed by atoms with Crippen molar-refractivity contribution in [2.75, 3.05) is 14.2 Å². The van der Waals surface area contributed by atoms with Gasteiger partial charge in [-0.25, -0.2) is 4.39 Å². The molecular formula is C12H9FN4O2S. The Balaban J connectivity index is 2.40. The molecule has 0 aliphatic carbocycles. The van der Waals surface area contributed by atoms with Crippen LogP contribution in [0, 0.1) is 17.1 Å². The Labute approximate surface area is 118 Å². The highest BCUT2D eigenvalue weighted by Gasteiger charge is 2.13. The fourth-order valence-corrected chi connectivity index (χ4v) is 2.18. The summed E-state index contributed by atoms with van der Waals surface area (Å²) in [6, 6.07) is 6.30. The third-order valence-electron chi connectivity index (χ3n) is 2.23. The SMILES string of the molecule is COc1nc(OC)nc(Sc2cccc(F)c2C#N)n1. The van der Waals surface area contributed by atoms with Gasteiger partial charge in [0.1, 0.15) is 17.4 Å². The normalized spacial score (nSPS) is 9.90. The van der Waals surface area contributed by atoms with Gasteiger partial charge in [0.05, 0.1) is 14.2 Å². The lowest BCUT2D eigenvalue weighted by Gasteiger charge is -2.06. The number of nitriles is 1. The first-order valence-corrected chi connectivity index (χ1v) is 6.20. The van der Waals surface area contributed by atoms with E-state index in [1.54, 1.807) is 6.07 Å². The van der Waals surface area contributed by atoms with Gasteiger partial charge in [0.25, 0.3) is 0 Å². The molecule has 2 rings (SSSR count). The number of hydrogen-bond donors (Lipinski definition) is 0. The first-order valence-electron chi connectivity index (χ1n) is 5.38. The molecule has 2 aromatic rings. The highest BCUT2D eigenvalue weighted by Crippen LogP contribution is 2.30. The van der Waals surface area contributed by atoms with Gasteiger partial charge in [0.15, 0.2) is 0 Å². The smallest absolute Gasteiger partial charge is 0.323 e. The van der Waals surface area contributed by atoms with E-state index in [1.807, 2.05) is 6.07 Å². The molecule has 0 bridgehead atoms. The third-order valence-corrected chi connectivity index (χ3v) is 3.15. The van der Waals surface area contributed by atoms with E-state index < -0.39 is 5.82 Å². The monoisotopic (exact) mass is 292 g/mol. The quantitative estimate of drug-likeness (QED) is 0.853. The van der Waals surface area contributed by atoms with Gasteiger partial charge in [0.2, 0.25) is 5.16 Å². The highest BCUT2D eigenvalue weighted by atomic mass is 32.2. The fraction of sp³-hybridized carbons (Fsp3) is 0.167. The summed E-state index contributed by atoms with van der Waals surface area (Å²) in [5.41, 5.74) is -0.0594. The average Bonchev–Trinajstić information content (AvgIpc) is 2.47. The maximum Gasteiger partial charge on any atom is 0.323 e. The molecule has 1 aromatic carbocycles. The third kappa shape index (κ3) is 2.95. The van der Waals surface area contributed by atoms with Crippen LogP contribution >= 0.6 is 11.8 Å². The first kappa shape index (κ1) is 14.0. The van der Waals surface area contributed by atoms with Crippen molar-refractivity contribution in [1.82, 2.24) is 15.0 Å². The second kappa shape index (κ2) is 6.16. The van der Waals surface area contributed by atoms with E-state index in [-0.39, 0.29) is 22.7 Å². The molecule has 1 heterocycles. The molecule has 102 valence electrons. The molecule has 0 fully saturated rings. The number of benzene rings is 1. The molecule has 1 aromatic heterocycles. The lowest BCUT2D eigenvalue weighted by molar-refractivity contribution is 0.332. The Bertz CT molecular complexity index is 653. The molecule has 0 aliphatic heterocycles. The molecular weight excluding hydrogens is 283 g/mol. The summed E-state index contributed by atoms with van der Waals surface area (Å²) in [6.07, 6.45) is 0. The fourth-order valence-electron chi connectivity index (χ4n) is 1.34. The van der Waals surface area contributed by atoms with Crippen LogP contribution in [0.4, 0.5) is 4.39 Å². The highest BCUT2D eigenvalue weighted by molar-refractivity contribution is 7.99. The standard InChI is InChI=1S/C12H9FN4O2S/c1-18-10-15-11(19-2)17-12(16-10)20-9-5-3-4-8(13)7(9)6-14/h3-5H,1-2H3. The Morgan fingerprint density at radius 2 is 1.80 bits per heavy atom. The second-order valence-corrected chi connectivity index (χ2v) is 4.43. The van der Waals surface area contributed by atoms with Crippen LogP contribution in [0.1, 0.15) is 5.56 Å². The molecule has 0 aliphatic rings. The van der Waals surface area contributed by atoms with Crippen LogP contribution < -0.4 is 9.47 Å². The van der Waals surface area contributed by atoms with Crippen LogP contribution in [-0.4, -0.2) is 29.2 Å². The molecule has 0 radical (unpaired) electrons. The minimum atomic E-state index is -0.592. The summed E-state index contributed by atoms with van der Waals surface area (Å²) >= 11 is 1.03. The van der Waals surface area contributed by atoms with Gasteiger partial charge in [-0.15, -0.1) is 4.98 Å². The zero-order chi connectivity index (χ0) is 14.5. The summed E-state index contributed by atoms with van der Waals surface area (Å²) in [6.45, 7) is 0. The lowest BCUT2D eigenvalue weighted by atomic mass is 10.2. The molecule has 0 saturated carbocycles. The van der Waals surface area contributed by atoms with Crippen molar-refractivity contribution in [3.8, 4) is 18.1 Å². The van der Waals surface area contributed by atoms with Crippen LogP contribution in [-0.2, 0) is 0 Å². The Morgan fingerprint density at radius 1 is 1.15 bits per heavy atom. The van der Waals surface area contributed by atoms with Gasteiger partial charge in [-0.2, -0.15) is 15.2 Å². The largest absolute Gasteiger partial charge is 0.467 e. The predicted molar refractivity (Wildman–Crippen MR) is 68.2 cm³/mol. The van der Waals surface area contributed by atoms with Gasteiger partial charge < -0.3 is 9.47 Å². The average molecular weight is 292 g/mol. The molecule has 20 heavy (non-hydrogen) atoms. The van der Waals surface area contributed by atoms with E-state index in [9.17, 15) is 4.39 Å². The predicted octanol–water partition coefficient (Wildman–Crippen LogP) is 2.05. The van der Waals surface area contributed by atoms with Crippen LogP contribution in [0.3, 0.4) is 0 Å². The van der Waals surface area contributed by atoms with Gasteiger partial charge in [-0.3, -0.25) is 0 Å². The second-order valence-electron chi connectivity index (χ2n) is 3.42. The Morgan fingerprint density at radius 3 is 2.35 bits per heavy atom. The summed E-state index contributed by atoms with van der Waals surface area (Å²) in [5, 5.41) is 9.22. The number of nitrogens with zero attached hydrogens (tertiary/aromatic N) is 4. The number of hydrogen-bond acceptors (Lipinski definition) is 7. The molecule has 6 nitrogen and oxygen atoms in total. The van der Waals surface area contributed by atoms with Gasteiger partial charge >= 0.3 is 12.0 Å². The van der Waals surface area contributed by atoms with Gasteiger partial charge in [-0.1, -0.05) is 6.07 Å². The van der Waals surface area contributed by atoms with E-state index in [4.69, 9.17) is 14.7 Å². The number of ether oxygens (including phenoxy) is 2. The number of halogens is 1. The zero-order valence-electron chi connectivity index (χ0n) is 10.6. The molecule has 8 heteroatoms. The maximum atomic E-state index is 13.5. The van der Waals surface area contributed by atoms with Crippen molar-refractivity contribution in [1.29, 1.82) is 5.26 Å². The van der Waals surface area contributed by atoms with Crippen molar-refractivity contribution in [3.63, 3.8) is 0 Å². The molecule has 0 atom stereocenters. The van der Waals surface area contributed by atoms with Gasteiger partial charge in [0, 0.05) is 4.90 Å². The van der Waals surface area contributed by atoms with Crippen molar-refractivity contribution < 1.29 is 13.9 Å². The minimum absolute atomic E-state index is 0.0594. The summed E-state index contributed by atoms with van der Waals surface area (Å²) in [4.78, 5) is 12.3. The molecule has 0 saturated heterocycles. The first-order chi connectivity index (χ1) is 9.67. The van der Waals surface area contributed by atoms with Crippen LogP contribution in [0.5, 0.6) is 12.0 Å². The van der Waals surface area contributed by atoms with E-state index in [0.29, 0.717) is 4.90 Å². The Hall–Kier alpha value is -2.40. The van der Waals surface area contributed by atoms with Crippen LogP contribution in [0.15, 0.2) is 28.3 Å².